The minimum absolute atomic E-state index is 0.109. The van der Waals surface area contributed by atoms with E-state index in [2.05, 4.69) is 9.97 Å². The lowest BCUT2D eigenvalue weighted by Gasteiger charge is -2.11. The van der Waals surface area contributed by atoms with Crippen molar-refractivity contribution in [1.29, 1.82) is 0 Å². The Balaban J connectivity index is 1.98. The van der Waals surface area contributed by atoms with Crippen LogP contribution >= 0.6 is 0 Å². The second-order valence-electron chi connectivity index (χ2n) is 5.73. The van der Waals surface area contributed by atoms with Gasteiger partial charge in [0.25, 0.3) is 0 Å². The first kappa shape index (κ1) is 15.4. The van der Waals surface area contributed by atoms with Crippen LogP contribution in [0.4, 0.5) is 13.2 Å². The highest BCUT2D eigenvalue weighted by atomic mass is 19.4. The second-order valence-corrected chi connectivity index (χ2v) is 5.73. The zero-order valence-electron chi connectivity index (χ0n) is 12.8. The molecule has 1 N–H and O–H groups in total. The number of aromatic nitrogens is 3. The van der Waals surface area contributed by atoms with Crippen molar-refractivity contribution < 1.29 is 18.3 Å². The summed E-state index contributed by atoms with van der Waals surface area (Å²) in [7, 11) is 0. The summed E-state index contributed by atoms with van der Waals surface area (Å²) in [5.41, 5.74) is 2.40. The number of rotatable bonds is 2. The van der Waals surface area contributed by atoms with Crippen molar-refractivity contribution in [2.24, 2.45) is 0 Å². The molecule has 0 atom stereocenters. The van der Waals surface area contributed by atoms with E-state index in [0.29, 0.717) is 27.4 Å². The Labute approximate surface area is 140 Å². The molecule has 4 aromatic rings. The predicted molar refractivity (Wildman–Crippen MR) is 88.2 cm³/mol. The van der Waals surface area contributed by atoms with Crippen molar-refractivity contribution in [3.05, 3.63) is 55.0 Å². The molecule has 0 unspecified atom stereocenters. The summed E-state index contributed by atoms with van der Waals surface area (Å²) >= 11 is 0. The topological polar surface area (TPSA) is 50.9 Å². The van der Waals surface area contributed by atoms with Crippen LogP contribution in [0.1, 0.15) is 0 Å². The van der Waals surface area contributed by atoms with Crippen molar-refractivity contribution in [2.75, 3.05) is 0 Å². The van der Waals surface area contributed by atoms with Gasteiger partial charge in [-0.05, 0) is 23.8 Å². The summed E-state index contributed by atoms with van der Waals surface area (Å²) in [5.74, 6) is -0.109. The van der Waals surface area contributed by atoms with Crippen LogP contribution in [-0.2, 0) is 6.54 Å². The van der Waals surface area contributed by atoms with E-state index < -0.39 is 12.7 Å². The van der Waals surface area contributed by atoms with Gasteiger partial charge in [-0.25, -0.2) is 4.98 Å². The monoisotopic (exact) mass is 343 g/mol. The molecule has 4 nitrogen and oxygen atoms in total. The molecule has 0 bridgehead atoms. The van der Waals surface area contributed by atoms with Crippen LogP contribution in [0, 0.1) is 0 Å². The van der Waals surface area contributed by atoms with Gasteiger partial charge in [-0.2, -0.15) is 13.2 Å². The number of pyridine rings is 2. The van der Waals surface area contributed by atoms with Crippen molar-refractivity contribution in [3.8, 4) is 17.0 Å². The maximum Gasteiger partial charge on any atom is 0.406 e. The molecule has 0 aliphatic heterocycles. The van der Waals surface area contributed by atoms with Crippen LogP contribution < -0.4 is 0 Å². The van der Waals surface area contributed by atoms with Crippen LogP contribution in [-0.4, -0.2) is 25.8 Å². The van der Waals surface area contributed by atoms with Crippen LogP contribution in [0.2, 0.25) is 0 Å². The van der Waals surface area contributed by atoms with Gasteiger partial charge in [-0.15, -0.1) is 0 Å². The van der Waals surface area contributed by atoms with Crippen molar-refractivity contribution in [3.63, 3.8) is 0 Å². The largest absolute Gasteiger partial charge is 0.493 e. The zero-order valence-corrected chi connectivity index (χ0v) is 12.8. The number of benzene rings is 1. The molecule has 0 saturated carbocycles. The zero-order chi connectivity index (χ0) is 17.6. The van der Waals surface area contributed by atoms with Gasteiger partial charge in [0.15, 0.2) is 0 Å². The number of halogens is 3. The molecule has 0 amide bonds. The lowest BCUT2D eigenvalue weighted by Crippen LogP contribution is -2.17. The molecule has 1 aromatic carbocycles. The van der Waals surface area contributed by atoms with E-state index in [4.69, 9.17) is 0 Å². The second kappa shape index (κ2) is 5.47. The Morgan fingerprint density at radius 2 is 1.72 bits per heavy atom. The fraction of sp³-hybridized carbons (Fsp3) is 0.111. The molecular weight excluding hydrogens is 331 g/mol. The molecule has 3 heterocycles. The standard InChI is InChI=1S/C18H12F3N3O/c19-18(20,21)10-24-15-5-6-22-9-14(15)13-3-1-11(7-16(13)24)12-2-4-17(25)23-8-12/h1-9H,10H2,(H,23,25). The Morgan fingerprint density at radius 3 is 2.44 bits per heavy atom. The highest BCUT2D eigenvalue weighted by molar-refractivity contribution is 6.08. The third kappa shape index (κ3) is 2.77. The van der Waals surface area contributed by atoms with Gasteiger partial charge in [0.2, 0.25) is 5.88 Å². The van der Waals surface area contributed by atoms with Gasteiger partial charge in [0.1, 0.15) is 6.54 Å². The number of fused-ring (bicyclic) bond motifs is 3. The molecule has 7 heteroatoms. The van der Waals surface area contributed by atoms with E-state index in [0.717, 1.165) is 5.56 Å². The third-order valence-corrected chi connectivity index (χ3v) is 4.09. The van der Waals surface area contributed by atoms with Gasteiger partial charge in [0.05, 0.1) is 11.0 Å². The molecular formula is C18H12F3N3O. The van der Waals surface area contributed by atoms with Gasteiger partial charge >= 0.3 is 6.18 Å². The summed E-state index contributed by atoms with van der Waals surface area (Å²) < 4.78 is 40.5. The van der Waals surface area contributed by atoms with Crippen molar-refractivity contribution >= 4 is 21.8 Å². The highest BCUT2D eigenvalue weighted by Crippen LogP contribution is 2.34. The number of hydrogen-bond donors (Lipinski definition) is 1. The normalized spacial score (nSPS) is 12.1. The first-order chi connectivity index (χ1) is 11.9. The molecule has 0 fully saturated rings. The lowest BCUT2D eigenvalue weighted by molar-refractivity contribution is -0.139. The number of hydrogen-bond acceptors (Lipinski definition) is 3. The molecule has 3 aromatic heterocycles. The minimum Gasteiger partial charge on any atom is -0.493 e. The fourth-order valence-corrected chi connectivity index (χ4v) is 3.03. The molecule has 0 aliphatic carbocycles. The lowest BCUT2D eigenvalue weighted by atomic mass is 10.1. The van der Waals surface area contributed by atoms with Gasteiger partial charge < -0.3 is 9.67 Å². The van der Waals surface area contributed by atoms with E-state index in [9.17, 15) is 18.3 Å². The van der Waals surface area contributed by atoms with Crippen molar-refractivity contribution in [2.45, 2.75) is 12.7 Å². The van der Waals surface area contributed by atoms with E-state index in [1.165, 1.54) is 23.0 Å². The average molecular weight is 343 g/mol. The summed E-state index contributed by atoms with van der Waals surface area (Å²) in [6.45, 7) is -1.08. The van der Waals surface area contributed by atoms with Gasteiger partial charge in [0, 0.05) is 41.0 Å². The molecule has 126 valence electrons. The predicted octanol–water partition coefficient (Wildman–Crippen LogP) is 4.52. The van der Waals surface area contributed by atoms with E-state index in [1.807, 2.05) is 6.07 Å². The maximum atomic E-state index is 13.1. The van der Waals surface area contributed by atoms with E-state index in [1.54, 1.807) is 30.5 Å². The Bertz CT molecular complexity index is 1070. The average Bonchev–Trinajstić information content (AvgIpc) is 2.88. The molecule has 0 saturated heterocycles. The van der Waals surface area contributed by atoms with Crippen LogP contribution in [0.25, 0.3) is 32.9 Å². The summed E-state index contributed by atoms with van der Waals surface area (Å²) in [6.07, 6.45) is 0.207. The number of aromatic hydroxyl groups is 1. The van der Waals surface area contributed by atoms with Crippen LogP contribution in [0.5, 0.6) is 5.88 Å². The smallest absolute Gasteiger partial charge is 0.406 e. The van der Waals surface area contributed by atoms with Gasteiger partial charge in [-0.1, -0.05) is 12.1 Å². The first-order valence-corrected chi connectivity index (χ1v) is 7.50. The Hall–Kier alpha value is -3.09. The minimum atomic E-state index is -4.34. The molecule has 0 spiro atoms. The van der Waals surface area contributed by atoms with E-state index >= 15 is 0 Å². The van der Waals surface area contributed by atoms with Crippen LogP contribution in [0.15, 0.2) is 55.0 Å². The number of alkyl halides is 3. The quantitative estimate of drug-likeness (QED) is 0.582. The van der Waals surface area contributed by atoms with E-state index in [-0.39, 0.29) is 5.88 Å². The summed E-state index contributed by atoms with van der Waals surface area (Å²) in [5, 5.41) is 10.7. The third-order valence-electron chi connectivity index (χ3n) is 4.09. The van der Waals surface area contributed by atoms with Crippen molar-refractivity contribution in [1.82, 2.24) is 14.5 Å². The Morgan fingerprint density at radius 1 is 0.920 bits per heavy atom. The molecule has 25 heavy (non-hydrogen) atoms. The SMILES string of the molecule is Oc1ccc(-c2ccc3c4cnccc4n(CC(F)(F)F)c3c2)cn1. The summed E-state index contributed by atoms with van der Waals surface area (Å²) in [4.78, 5) is 7.85. The fourth-order valence-electron chi connectivity index (χ4n) is 3.03. The molecule has 4 rings (SSSR count). The number of nitrogens with zero attached hydrogens (tertiary/aromatic N) is 3. The molecule has 0 aliphatic rings. The molecule has 0 radical (unpaired) electrons. The summed E-state index contributed by atoms with van der Waals surface area (Å²) in [6, 6.07) is 10.0. The Kier molecular flexibility index (Phi) is 3.38. The highest BCUT2D eigenvalue weighted by Gasteiger charge is 2.29. The van der Waals surface area contributed by atoms with Crippen LogP contribution in [0.3, 0.4) is 0 Å². The maximum absolute atomic E-state index is 13.1. The van der Waals surface area contributed by atoms with Gasteiger partial charge in [-0.3, -0.25) is 4.98 Å². The first-order valence-electron chi connectivity index (χ1n) is 7.50.